The van der Waals surface area contributed by atoms with Crippen molar-refractivity contribution in [2.75, 3.05) is 0 Å². The van der Waals surface area contributed by atoms with Gasteiger partial charge in [-0.2, -0.15) is 8.42 Å². The van der Waals surface area contributed by atoms with Crippen molar-refractivity contribution < 1.29 is 121 Å². The molecule has 1 unspecified atom stereocenters. The Morgan fingerprint density at radius 1 is 0.697 bits per heavy atom. The van der Waals surface area contributed by atoms with Crippen LogP contribution in [-0.2, 0) is 19.7 Å². The van der Waals surface area contributed by atoms with Gasteiger partial charge in [0.2, 0.25) is 4.75 Å². The molecule has 0 rings (SSSR count). The average Bonchev–Trinajstić information content (AvgIpc) is 2.62. The van der Waals surface area contributed by atoms with E-state index >= 15 is 0 Å². The molecule has 0 aliphatic rings. The minimum absolute atomic E-state index is 0. The quantitative estimate of drug-likeness (QED) is 0.0873. The minimum atomic E-state index is -5.02. The minimum Gasteiger partial charge on any atom is -0.481 e. The molecule has 0 aliphatic carbocycles. The fourth-order valence-electron chi connectivity index (χ4n) is 3.75. The van der Waals surface area contributed by atoms with Crippen LogP contribution in [0.5, 0.6) is 0 Å². The smallest absolute Gasteiger partial charge is 0.481 e. The van der Waals surface area contributed by atoms with Crippen LogP contribution in [0.4, 0.5) is 0 Å². The van der Waals surface area contributed by atoms with E-state index in [1.165, 1.54) is 51.4 Å². The molecule has 0 amide bonds. The molecule has 1 atom stereocenters. The molecule has 7 nitrogen and oxygen atoms in total. The molecule has 3 N–H and O–H groups in total. The summed E-state index contributed by atoms with van der Waals surface area (Å²) in [6, 6.07) is 0. The van der Waals surface area contributed by atoms with Crippen LogP contribution in [0, 0.1) is 5.92 Å². The number of rotatable bonds is 20. The third kappa shape index (κ3) is 20.6. The SMILES string of the molecule is CC(C)CCCCCCCCCCCCCCCC(CC(=O)O)(C(=O)O)S(=O)(=O)O.[Na+].[Na+].[Na+]. The van der Waals surface area contributed by atoms with Gasteiger partial charge in [-0.05, 0) is 12.3 Å². The van der Waals surface area contributed by atoms with E-state index in [1.54, 1.807) is 0 Å². The maximum atomic E-state index is 11.5. The Balaban J connectivity index is -0.00000140. The van der Waals surface area contributed by atoms with Crippen molar-refractivity contribution in [3.63, 3.8) is 0 Å². The molecule has 0 spiro atoms. The molecular weight excluding hydrogens is 477 g/mol. The third-order valence-electron chi connectivity index (χ3n) is 5.68. The number of hydrogen-bond donors (Lipinski definition) is 3. The number of hydrogen-bond acceptors (Lipinski definition) is 4. The second-order valence-corrected chi connectivity index (χ2v) is 10.6. The van der Waals surface area contributed by atoms with E-state index in [-0.39, 0.29) is 95.1 Å². The van der Waals surface area contributed by atoms with Crippen LogP contribution < -0.4 is 88.7 Å². The Bertz CT molecular complexity index is 601. The predicted octanol–water partition coefficient (Wildman–Crippen LogP) is -3.31. The molecule has 178 valence electrons. The Kier molecular flexibility index (Phi) is 30.8. The molecular formula is C22H42Na3O7S+3. The molecule has 0 heterocycles. The van der Waals surface area contributed by atoms with E-state index in [1.807, 2.05) is 0 Å². The first kappa shape index (κ1) is 42.0. The van der Waals surface area contributed by atoms with Gasteiger partial charge in [0.15, 0.2) is 0 Å². The molecule has 0 aromatic heterocycles. The van der Waals surface area contributed by atoms with Crippen molar-refractivity contribution in [1.82, 2.24) is 0 Å². The summed E-state index contributed by atoms with van der Waals surface area (Å²) in [5.74, 6) is -2.57. The standard InChI is InChI=1S/C22H42O7S.3Na/c1-19(2)16-14-12-10-8-6-4-3-5-7-9-11-13-15-17-22(21(25)26,18-20(23)24)30(27,28)29;;;/h19H,3-18H2,1-2H3,(H,23,24)(H,25,26)(H,27,28,29);;;/q;3*+1. The van der Waals surface area contributed by atoms with Crippen molar-refractivity contribution in [2.24, 2.45) is 5.92 Å². The van der Waals surface area contributed by atoms with Crippen molar-refractivity contribution in [2.45, 2.75) is 121 Å². The maximum absolute atomic E-state index is 11.5. The van der Waals surface area contributed by atoms with Gasteiger partial charge < -0.3 is 10.2 Å². The molecule has 0 aliphatic heterocycles. The van der Waals surface area contributed by atoms with Gasteiger partial charge in [-0.15, -0.1) is 0 Å². The molecule has 0 bridgehead atoms. The zero-order valence-electron chi connectivity index (χ0n) is 21.8. The van der Waals surface area contributed by atoms with E-state index in [4.69, 9.17) is 5.11 Å². The van der Waals surface area contributed by atoms with Gasteiger partial charge in [0.05, 0.1) is 6.42 Å². The summed E-state index contributed by atoms with van der Waals surface area (Å²) >= 11 is 0. The first-order chi connectivity index (χ1) is 14.0. The fourth-order valence-corrected chi connectivity index (χ4v) is 4.68. The molecule has 11 heteroatoms. The molecule has 0 aromatic rings. The number of carboxylic acid groups (broad SMARTS) is 2. The first-order valence-electron chi connectivity index (χ1n) is 11.4. The van der Waals surface area contributed by atoms with Crippen LogP contribution in [0.15, 0.2) is 0 Å². The zero-order valence-corrected chi connectivity index (χ0v) is 28.6. The summed E-state index contributed by atoms with van der Waals surface area (Å²) in [5, 5.41) is 18.1. The topological polar surface area (TPSA) is 129 Å². The van der Waals surface area contributed by atoms with E-state index in [0.717, 1.165) is 31.6 Å². The van der Waals surface area contributed by atoms with E-state index in [9.17, 15) is 27.7 Å². The van der Waals surface area contributed by atoms with Crippen molar-refractivity contribution in [3.8, 4) is 0 Å². The monoisotopic (exact) mass is 519 g/mol. The summed E-state index contributed by atoms with van der Waals surface area (Å²) in [4.78, 5) is 22.3. The predicted molar refractivity (Wildman–Crippen MR) is 118 cm³/mol. The Morgan fingerprint density at radius 2 is 1.03 bits per heavy atom. The summed E-state index contributed by atoms with van der Waals surface area (Å²) in [6.45, 7) is 4.53. The second-order valence-electron chi connectivity index (χ2n) is 8.87. The maximum Gasteiger partial charge on any atom is 1.00 e. The molecule has 33 heavy (non-hydrogen) atoms. The summed E-state index contributed by atoms with van der Waals surface area (Å²) < 4.78 is 29.7. The van der Waals surface area contributed by atoms with Gasteiger partial charge >= 0.3 is 101 Å². The van der Waals surface area contributed by atoms with Crippen LogP contribution in [0.25, 0.3) is 0 Å². The summed E-state index contributed by atoms with van der Waals surface area (Å²) in [7, 11) is -5.02. The second kappa shape index (κ2) is 24.2. The number of aliphatic carboxylic acids is 2. The number of carbonyl (C=O) groups is 2. The van der Waals surface area contributed by atoms with Crippen molar-refractivity contribution >= 4 is 22.1 Å². The number of unbranched alkanes of at least 4 members (excludes halogenated alkanes) is 12. The zero-order chi connectivity index (χ0) is 23.0. The Hall–Kier alpha value is 1.85. The molecule has 0 saturated carbocycles. The van der Waals surface area contributed by atoms with Gasteiger partial charge in [0, 0.05) is 0 Å². The van der Waals surface area contributed by atoms with E-state index in [2.05, 4.69) is 13.8 Å². The van der Waals surface area contributed by atoms with Gasteiger partial charge in [-0.25, -0.2) is 0 Å². The van der Waals surface area contributed by atoms with Gasteiger partial charge in [-0.3, -0.25) is 14.1 Å². The largest absolute Gasteiger partial charge is 1.00 e. The molecule has 0 fully saturated rings. The van der Waals surface area contributed by atoms with Crippen LogP contribution >= 0.6 is 0 Å². The normalized spacial score (nSPS) is 12.7. The summed E-state index contributed by atoms with van der Waals surface area (Å²) in [5.41, 5.74) is 0. The number of carboxylic acids is 2. The average molecular weight is 520 g/mol. The van der Waals surface area contributed by atoms with Crippen LogP contribution in [0.3, 0.4) is 0 Å². The summed E-state index contributed by atoms with van der Waals surface area (Å²) in [6.07, 6.45) is 13.8. The molecule has 0 aromatic carbocycles. The van der Waals surface area contributed by atoms with Crippen LogP contribution in [0.1, 0.15) is 117 Å². The van der Waals surface area contributed by atoms with Gasteiger partial charge in [0.1, 0.15) is 0 Å². The van der Waals surface area contributed by atoms with Crippen LogP contribution in [0.2, 0.25) is 0 Å². The van der Waals surface area contributed by atoms with Crippen molar-refractivity contribution in [3.05, 3.63) is 0 Å². The van der Waals surface area contributed by atoms with Crippen molar-refractivity contribution in [1.29, 1.82) is 0 Å². The molecule has 0 radical (unpaired) electrons. The third-order valence-corrected chi connectivity index (χ3v) is 7.19. The van der Waals surface area contributed by atoms with Gasteiger partial charge in [-0.1, -0.05) is 104 Å². The Morgan fingerprint density at radius 3 is 1.30 bits per heavy atom. The van der Waals surface area contributed by atoms with E-state index in [0.29, 0.717) is 6.42 Å². The fraction of sp³-hybridized carbons (Fsp3) is 0.909. The molecule has 0 saturated heterocycles. The van der Waals surface area contributed by atoms with Gasteiger partial charge in [0.25, 0.3) is 10.1 Å². The first-order valence-corrected chi connectivity index (χ1v) is 12.9. The van der Waals surface area contributed by atoms with E-state index < -0.39 is 39.6 Å². The van der Waals surface area contributed by atoms with Crippen LogP contribution in [-0.4, -0.2) is 39.9 Å². The Labute approximate surface area is 267 Å².